The number of benzene rings is 2. The Labute approximate surface area is 153 Å². The van der Waals surface area contributed by atoms with Crippen molar-refractivity contribution in [2.75, 3.05) is 6.54 Å². The summed E-state index contributed by atoms with van der Waals surface area (Å²) in [5.74, 6) is -0.263. The van der Waals surface area contributed by atoms with Crippen LogP contribution in [0.5, 0.6) is 0 Å². The first-order valence-electron chi connectivity index (χ1n) is 7.82. The van der Waals surface area contributed by atoms with Gasteiger partial charge in [0.1, 0.15) is 5.82 Å². The first kappa shape index (κ1) is 17.9. The average Bonchev–Trinajstić information content (AvgIpc) is 3.08. The molecule has 0 bridgehead atoms. The van der Waals surface area contributed by atoms with Gasteiger partial charge in [-0.15, -0.1) is 0 Å². The number of amides is 1. The maximum Gasteiger partial charge on any atom is 0.404 e. The second kappa shape index (κ2) is 7.97. The summed E-state index contributed by atoms with van der Waals surface area (Å²) in [5, 5.41) is 15.6. The standard InChI is InChI=1S/C18H15ClFN3O3/c19-13-5-3-4-11(8-13)17-22-16(26-23-17)9-12(10-21-18(24)25)14-6-1-2-7-15(14)20/h1-8,12,21H,9-10H2,(H,24,25). The Kier molecular flexibility index (Phi) is 5.48. The van der Waals surface area contributed by atoms with Crippen LogP contribution in [0.25, 0.3) is 11.4 Å². The summed E-state index contributed by atoms with van der Waals surface area (Å²) in [4.78, 5) is 15.1. The number of nitrogens with zero attached hydrogens (tertiary/aromatic N) is 2. The van der Waals surface area contributed by atoms with Crippen LogP contribution in [0, 0.1) is 5.82 Å². The van der Waals surface area contributed by atoms with Crippen LogP contribution in [0.2, 0.25) is 5.02 Å². The Bertz CT molecular complexity index is 916. The molecule has 0 saturated heterocycles. The van der Waals surface area contributed by atoms with Gasteiger partial charge in [0.2, 0.25) is 11.7 Å². The number of rotatable bonds is 6. The number of hydrogen-bond acceptors (Lipinski definition) is 4. The summed E-state index contributed by atoms with van der Waals surface area (Å²) < 4.78 is 19.4. The van der Waals surface area contributed by atoms with Gasteiger partial charge in [-0.25, -0.2) is 9.18 Å². The van der Waals surface area contributed by atoms with Crippen molar-refractivity contribution in [3.05, 3.63) is 70.8 Å². The molecule has 8 heteroatoms. The normalized spacial score (nSPS) is 11.9. The highest BCUT2D eigenvalue weighted by Gasteiger charge is 2.21. The van der Waals surface area contributed by atoms with E-state index < -0.39 is 17.8 Å². The molecule has 134 valence electrons. The molecule has 6 nitrogen and oxygen atoms in total. The highest BCUT2D eigenvalue weighted by molar-refractivity contribution is 6.30. The third kappa shape index (κ3) is 4.37. The van der Waals surface area contributed by atoms with E-state index in [1.165, 1.54) is 6.07 Å². The van der Waals surface area contributed by atoms with Gasteiger partial charge in [0.25, 0.3) is 0 Å². The zero-order chi connectivity index (χ0) is 18.5. The number of halogens is 2. The SMILES string of the molecule is O=C(O)NCC(Cc1nc(-c2cccc(Cl)c2)no1)c1ccccc1F. The number of carbonyl (C=O) groups is 1. The number of hydrogen-bond donors (Lipinski definition) is 2. The maximum absolute atomic E-state index is 14.1. The molecular weight excluding hydrogens is 361 g/mol. The second-order valence-electron chi connectivity index (χ2n) is 5.63. The van der Waals surface area contributed by atoms with E-state index >= 15 is 0 Å². The molecule has 2 aromatic carbocycles. The van der Waals surface area contributed by atoms with Gasteiger partial charge in [0.05, 0.1) is 0 Å². The summed E-state index contributed by atoms with van der Waals surface area (Å²) >= 11 is 5.96. The molecule has 0 aliphatic heterocycles. The van der Waals surface area contributed by atoms with Crippen LogP contribution in [0.1, 0.15) is 17.4 Å². The Morgan fingerprint density at radius 1 is 1.27 bits per heavy atom. The third-order valence-electron chi connectivity index (χ3n) is 3.82. The van der Waals surface area contributed by atoms with Gasteiger partial charge in [0, 0.05) is 29.5 Å². The van der Waals surface area contributed by atoms with Crippen LogP contribution < -0.4 is 5.32 Å². The molecule has 3 aromatic rings. The highest BCUT2D eigenvalue weighted by Crippen LogP contribution is 2.25. The van der Waals surface area contributed by atoms with Gasteiger partial charge in [-0.1, -0.05) is 47.1 Å². The first-order valence-corrected chi connectivity index (χ1v) is 8.20. The van der Waals surface area contributed by atoms with Crippen molar-refractivity contribution < 1.29 is 18.8 Å². The highest BCUT2D eigenvalue weighted by atomic mass is 35.5. The van der Waals surface area contributed by atoms with Crippen molar-refractivity contribution in [2.24, 2.45) is 0 Å². The summed E-state index contributed by atoms with van der Waals surface area (Å²) in [6.45, 7) is 0.0190. The number of nitrogens with one attached hydrogen (secondary N) is 1. The van der Waals surface area contributed by atoms with Crippen molar-refractivity contribution in [3.8, 4) is 11.4 Å². The number of aromatic nitrogens is 2. The summed E-state index contributed by atoms with van der Waals surface area (Å²) in [7, 11) is 0. The molecule has 0 radical (unpaired) electrons. The minimum atomic E-state index is -1.18. The van der Waals surface area contributed by atoms with E-state index in [-0.39, 0.29) is 18.9 Å². The Morgan fingerprint density at radius 3 is 2.81 bits per heavy atom. The Morgan fingerprint density at radius 2 is 2.08 bits per heavy atom. The molecule has 0 aliphatic carbocycles. The van der Waals surface area contributed by atoms with Gasteiger partial charge in [0.15, 0.2) is 0 Å². The van der Waals surface area contributed by atoms with E-state index in [1.54, 1.807) is 42.5 Å². The van der Waals surface area contributed by atoms with Crippen molar-refractivity contribution in [3.63, 3.8) is 0 Å². The van der Waals surface area contributed by atoms with E-state index in [4.69, 9.17) is 21.2 Å². The quantitative estimate of drug-likeness (QED) is 0.676. The van der Waals surface area contributed by atoms with Crippen LogP contribution in [0.3, 0.4) is 0 Å². The molecule has 1 aromatic heterocycles. The molecule has 1 atom stereocenters. The van der Waals surface area contributed by atoms with Crippen molar-refractivity contribution in [1.29, 1.82) is 0 Å². The maximum atomic E-state index is 14.1. The molecular formula is C18H15ClFN3O3. The topological polar surface area (TPSA) is 88.2 Å². The smallest absolute Gasteiger partial charge is 0.404 e. The molecule has 26 heavy (non-hydrogen) atoms. The zero-order valence-electron chi connectivity index (χ0n) is 13.5. The monoisotopic (exact) mass is 375 g/mol. The molecule has 0 aliphatic rings. The van der Waals surface area contributed by atoms with Crippen LogP contribution >= 0.6 is 11.6 Å². The van der Waals surface area contributed by atoms with Gasteiger partial charge >= 0.3 is 6.09 Å². The van der Waals surface area contributed by atoms with E-state index in [9.17, 15) is 9.18 Å². The summed E-state index contributed by atoms with van der Waals surface area (Å²) in [5.41, 5.74) is 1.07. The summed E-state index contributed by atoms with van der Waals surface area (Å²) in [6, 6.07) is 13.2. The average molecular weight is 376 g/mol. The van der Waals surface area contributed by atoms with Crippen LogP contribution in [0.4, 0.5) is 9.18 Å². The molecule has 1 amide bonds. The predicted octanol–water partition coefficient (Wildman–Crippen LogP) is 4.12. The first-order chi connectivity index (χ1) is 12.5. The van der Waals surface area contributed by atoms with Crippen molar-refractivity contribution >= 4 is 17.7 Å². The minimum Gasteiger partial charge on any atom is -0.465 e. The minimum absolute atomic E-state index is 0.0190. The third-order valence-corrected chi connectivity index (χ3v) is 4.05. The molecule has 2 N–H and O–H groups in total. The van der Waals surface area contributed by atoms with Gasteiger partial charge in [-0.3, -0.25) is 0 Å². The second-order valence-corrected chi connectivity index (χ2v) is 6.07. The van der Waals surface area contributed by atoms with E-state index in [1.807, 2.05) is 0 Å². The molecule has 0 spiro atoms. The van der Waals surface area contributed by atoms with E-state index in [2.05, 4.69) is 15.5 Å². The van der Waals surface area contributed by atoms with Crippen LogP contribution in [-0.4, -0.2) is 27.9 Å². The molecule has 1 unspecified atom stereocenters. The largest absolute Gasteiger partial charge is 0.465 e. The molecule has 1 heterocycles. The van der Waals surface area contributed by atoms with E-state index in [0.717, 1.165) is 0 Å². The van der Waals surface area contributed by atoms with Crippen molar-refractivity contribution in [2.45, 2.75) is 12.3 Å². The van der Waals surface area contributed by atoms with Crippen molar-refractivity contribution in [1.82, 2.24) is 15.5 Å². The lowest BCUT2D eigenvalue weighted by molar-refractivity contribution is 0.193. The zero-order valence-corrected chi connectivity index (χ0v) is 14.3. The lowest BCUT2D eigenvalue weighted by atomic mass is 9.95. The fourth-order valence-electron chi connectivity index (χ4n) is 2.60. The molecule has 3 rings (SSSR count). The molecule has 0 fully saturated rings. The van der Waals surface area contributed by atoms with Gasteiger partial charge < -0.3 is 14.9 Å². The van der Waals surface area contributed by atoms with E-state index in [0.29, 0.717) is 22.0 Å². The van der Waals surface area contributed by atoms with Crippen LogP contribution in [-0.2, 0) is 6.42 Å². The van der Waals surface area contributed by atoms with Gasteiger partial charge in [-0.05, 0) is 23.8 Å². The fraction of sp³-hybridized carbons (Fsp3) is 0.167. The molecule has 0 saturated carbocycles. The number of carboxylic acid groups (broad SMARTS) is 1. The lowest BCUT2D eigenvalue weighted by Gasteiger charge is -2.16. The van der Waals surface area contributed by atoms with Crippen LogP contribution in [0.15, 0.2) is 53.1 Å². The Hall–Kier alpha value is -2.93. The Balaban J connectivity index is 1.83. The summed E-state index contributed by atoms with van der Waals surface area (Å²) in [6.07, 6.45) is -0.995. The lowest BCUT2D eigenvalue weighted by Crippen LogP contribution is -2.28. The van der Waals surface area contributed by atoms with Gasteiger partial charge in [-0.2, -0.15) is 4.98 Å². The predicted molar refractivity (Wildman–Crippen MR) is 93.6 cm³/mol. The fourth-order valence-corrected chi connectivity index (χ4v) is 2.79.